The van der Waals surface area contributed by atoms with Gasteiger partial charge in [0, 0.05) is 56.1 Å². The highest BCUT2D eigenvalue weighted by Crippen LogP contribution is 2.37. The number of fused-ring (bicyclic) bond motifs is 1. The first-order valence-electron chi connectivity index (χ1n) is 13.7. The summed E-state index contributed by atoms with van der Waals surface area (Å²) in [6.07, 6.45) is 2.82. The van der Waals surface area contributed by atoms with Gasteiger partial charge in [0.2, 0.25) is 5.91 Å². The number of nitrogens with two attached hydrogens (primary N) is 1. The number of carbonyl (C=O) groups excluding carboxylic acids is 2. The van der Waals surface area contributed by atoms with Crippen LogP contribution >= 0.6 is 11.6 Å². The summed E-state index contributed by atoms with van der Waals surface area (Å²) in [6, 6.07) is 2.89. The maximum absolute atomic E-state index is 15.6. The van der Waals surface area contributed by atoms with Gasteiger partial charge in [-0.05, 0) is 27.0 Å². The monoisotopic (exact) mass is 626 g/mol. The number of amides is 2. The Morgan fingerprint density at radius 3 is 2.61 bits per heavy atom. The lowest BCUT2D eigenvalue weighted by atomic mass is 9.97. The first-order valence-corrected chi connectivity index (χ1v) is 14.1. The largest absolute Gasteiger partial charge is 0.507 e. The number of pyridine rings is 1. The van der Waals surface area contributed by atoms with Gasteiger partial charge in [0.05, 0.1) is 40.0 Å². The van der Waals surface area contributed by atoms with Crippen LogP contribution in [0.15, 0.2) is 29.3 Å². The third-order valence-electron chi connectivity index (χ3n) is 7.92. The van der Waals surface area contributed by atoms with Crippen LogP contribution < -0.4 is 21.5 Å². The molecule has 44 heavy (non-hydrogen) atoms. The van der Waals surface area contributed by atoms with Gasteiger partial charge < -0.3 is 35.6 Å². The lowest BCUT2D eigenvalue weighted by molar-refractivity contribution is -0.116. The van der Waals surface area contributed by atoms with Crippen LogP contribution in [-0.2, 0) is 25.0 Å². The molecular weight excluding hydrogens is 595 g/mol. The number of benzene rings is 1. The number of carbonyl (C=O) groups is 2. The predicted molar refractivity (Wildman–Crippen MR) is 163 cm³/mol. The van der Waals surface area contributed by atoms with Crippen LogP contribution in [0, 0.1) is 12.7 Å². The lowest BCUT2D eigenvalue weighted by Gasteiger charge is -2.39. The van der Waals surface area contributed by atoms with Gasteiger partial charge in [-0.25, -0.2) is 14.4 Å². The highest BCUT2D eigenvalue weighted by molar-refractivity contribution is 6.33. The lowest BCUT2D eigenvalue weighted by Crippen LogP contribution is -2.50. The fourth-order valence-corrected chi connectivity index (χ4v) is 5.63. The molecule has 4 aromatic rings. The standard InChI is InChI=1S/C29H32ClFN8O5/c1-14-10-36(3)5-6-39(14)22-8-21(20(30)9-33-22)35-23(41)12-38-11-18(24-28(38)34-15(2)37(4)29(24)44)16-7-17(27(32)43)26(42)19(13-40)25(16)31/h7-9,11,14,40,42H,5-6,10,12-13H2,1-4H3,(H2,32,43)(H,33,35,41)/t14-/m0/s1. The Labute approximate surface area is 256 Å². The molecule has 5 rings (SSSR count). The molecule has 1 atom stereocenters. The molecule has 232 valence electrons. The van der Waals surface area contributed by atoms with Crippen LogP contribution in [0.3, 0.4) is 0 Å². The van der Waals surface area contributed by atoms with E-state index < -0.39 is 46.7 Å². The van der Waals surface area contributed by atoms with E-state index in [1.54, 1.807) is 13.0 Å². The van der Waals surface area contributed by atoms with Crippen LogP contribution in [0.5, 0.6) is 5.75 Å². The zero-order chi connectivity index (χ0) is 32.0. The van der Waals surface area contributed by atoms with Crippen molar-refractivity contribution < 1.29 is 24.2 Å². The Kier molecular flexibility index (Phi) is 8.34. The van der Waals surface area contributed by atoms with E-state index in [-0.39, 0.29) is 39.8 Å². The number of hydrogen-bond acceptors (Lipinski definition) is 9. The van der Waals surface area contributed by atoms with Crippen LogP contribution in [0.4, 0.5) is 15.9 Å². The number of rotatable bonds is 7. The Morgan fingerprint density at radius 2 is 1.95 bits per heavy atom. The molecule has 1 aliphatic rings. The number of aryl methyl sites for hydroxylation is 1. The van der Waals surface area contributed by atoms with E-state index in [2.05, 4.69) is 39.1 Å². The third-order valence-corrected chi connectivity index (χ3v) is 8.22. The first kappa shape index (κ1) is 30.9. The Bertz CT molecular complexity index is 1870. The van der Waals surface area contributed by atoms with Crippen molar-refractivity contribution in [2.24, 2.45) is 12.8 Å². The number of likely N-dealkylation sites (N-methyl/N-ethyl adjacent to an activating group) is 1. The molecule has 5 N–H and O–H groups in total. The van der Waals surface area contributed by atoms with E-state index in [0.717, 1.165) is 25.7 Å². The molecule has 15 heteroatoms. The number of nitrogens with one attached hydrogen (secondary N) is 1. The van der Waals surface area contributed by atoms with Crippen LogP contribution in [0.25, 0.3) is 22.2 Å². The molecule has 0 radical (unpaired) electrons. The molecule has 0 aliphatic carbocycles. The summed E-state index contributed by atoms with van der Waals surface area (Å²) in [5.74, 6) is -2.45. The molecule has 13 nitrogen and oxygen atoms in total. The van der Waals surface area contributed by atoms with Crippen molar-refractivity contribution in [3.05, 3.63) is 62.7 Å². The van der Waals surface area contributed by atoms with Gasteiger partial charge >= 0.3 is 0 Å². The van der Waals surface area contributed by atoms with Crippen molar-refractivity contribution in [2.75, 3.05) is 36.9 Å². The van der Waals surface area contributed by atoms with Gasteiger partial charge in [0.15, 0.2) is 0 Å². The minimum atomic E-state index is -1.07. The number of aliphatic hydroxyl groups excluding tert-OH is 1. The van der Waals surface area contributed by atoms with Crippen molar-refractivity contribution in [3.63, 3.8) is 0 Å². The maximum atomic E-state index is 15.6. The second-order valence-electron chi connectivity index (χ2n) is 10.9. The van der Waals surface area contributed by atoms with E-state index in [4.69, 9.17) is 17.3 Å². The molecule has 1 saturated heterocycles. The number of piperazine rings is 1. The quantitative estimate of drug-likeness (QED) is 0.239. The number of primary amides is 1. The molecule has 1 fully saturated rings. The third kappa shape index (κ3) is 5.47. The van der Waals surface area contributed by atoms with Crippen molar-refractivity contribution >= 4 is 46.0 Å². The topological polar surface area (TPSA) is 172 Å². The molecule has 3 aromatic heterocycles. The average Bonchev–Trinajstić information content (AvgIpc) is 3.30. The predicted octanol–water partition coefficient (Wildman–Crippen LogP) is 1.97. The van der Waals surface area contributed by atoms with Gasteiger partial charge in [-0.2, -0.15) is 0 Å². The first-order chi connectivity index (χ1) is 20.8. The van der Waals surface area contributed by atoms with Gasteiger partial charge in [0.1, 0.15) is 35.4 Å². The van der Waals surface area contributed by atoms with E-state index in [1.807, 2.05) is 0 Å². The zero-order valence-electron chi connectivity index (χ0n) is 24.6. The number of nitrogens with zero attached hydrogens (tertiary/aromatic N) is 6. The summed E-state index contributed by atoms with van der Waals surface area (Å²) in [5.41, 5.74) is 3.98. The van der Waals surface area contributed by atoms with Crippen molar-refractivity contribution in [1.29, 1.82) is 0 Å². The van der Waals surface area contributed by atoms with Gasteiger partial charge in [-0.15, -0.1) is 0 Å². The van der Waals surface area contributed by atoms with E-state index in [0.29, 0.717) is 17.3 Å². The molecule has 0 unspecified atom stereocenters. The van der Waals surface area contributed by atoms with Crippen molar-refractivity contribution in [2.45, 2.75) is 33.0 Å². The number of aliphatic hydroxyl groups is 1. The molecule has 1 aliphatic heterocycles. The average molecular weight is 627 g/mol. The number of hydrogen-bond donors (Lipinski definition) is 4. The summed E-state index contributed by atoms with van der Waals surface area (Å²) in [7, 11) is 3.54. The molecule has 0 saturated carbocycles. The van der Waals surface area contributed by atoms with Crippen LogP contribution in [0.2, 0.25) is 5.02 Å². The SMILES string of the molecule is Cc1nc2c(c(-c3cc(C(N)=O)c(O)c(CO)c3F)cn2CC(=O)Nc2cc(N3CCN(C)C[C@@H]3C)ncc2Cl)c(=O)n1C. The minimum Gasteiger partial charge on any atom is -0.507 e. The molecule has 1 aromatic carbocycles. The second-order valence-corrected chi connectivity index (χ2v) is 11.3. The molecule has 0 spiro atoms. The minimum absolute atomic E-state index is 0.0103. The second kappa shape index (κ2) is 11.9. The highest BCUT2D eigenvalue weighted by Gasteiger charge is 2.27. The van der Waals surface area contributed by atoms with Crippen LogP contribution in [0.1, 0.15) is 28.7 Å². The Hall–Kier alpha value is -4.53. The molecule has 4 heterocycles. The number of anilines is 2. The number of halogens is 2. The van der Waals surface area contributed by atoms with E-state index in [9.17, 15) is 24.6 Å². The Balaban J connectivity index is 1.56. The summed E-state index contributed by atoms with van der Waals surface area (Å²) >= 11 is 6.39. The number of aromatic hydroxyl groups is 1. The molecule has 2 amide bonds. The number of phenols is 1. The fourth-order valence-electron chi connectivity index (χ4n) is 5.48. The van der Waals surface area contributed by atoms with Crippen molar-refractivity contribution in [1.82, 2.24) is 24.0 Å². The normalized spacial score (nSPS) is 15.6. The summed E-state index contributed by atoms with van der Waals surface area (Å²) < 4.78 is 18.3. The summed E-state index contributed by atoms with van der Waals surface area (Å²) in [6.45, 7) is 4.86. The summed E-state index contributed by atoms with van der Waals surface area (Å²) in [5, 5.41) is 23.0. The summed E-state index contributed by atoms with van der Waals surface area (Å²) in [4.78, 5) is 52.1. The molecule has 0 bridgehead atoms. The Morgan fingerprint density at radius 1 is 1.23 bits per heavy atom. The van der Waals surface area contributed by atoms with E-state index in [1.165, 1.54) is 28.6 Å². The highest BCUT2D eigenvalue weighted by atomic mass is 35.5. The molecular formula is C29H32ClFN8O5. The van der Waals surface area contributed by atoms with E-state index >= 15 is 4.39 Å². The maximum Gasteiger partial charge on any atom is 0.263 e. The zero-order valence-corrected chi connectivity index (χ0v) is 25.3. The van der Waals surface area contributed by atoms with Gasteiger partial charge in [0.25, 0.3) is 11.5 Å². The smallest absolute Gasteiger partial charge is 0.263 e. The fraction of sp³-hybridized carbons (Fsp3) is 0.345. The van der Waals surface area contributed by atoms with Crippen LogP contribution in [-0.4, -0.2) is 78.8 Å². The van der Waals surface area contributed by atoms with Gasteiger partial charge in [-0.3, -0.25) is 19.0 Å². The van der Waals surface area contributed by atoms with Gasteiger partial charge in [-0.1, -0.05) is 11.6 Å². The number of aromatic nitrogens is 4. The van der Waals surface area contributed by atoms with Crippen molar-refractivity contribution in [3.8, 4) is 16.9 Å².